The van der Waals surface area contributed by atoms with E-state index in [0.717, 1.165) is 16.7 Å². The molecule has 6 heteroatoms. The number of ether oxygens (including phenoxy) is 1. The normalized spacial score (nSPS) is 11.9. The predicted molar refractivity (Wildman–Crippen MR) is 98.1 cm³/mol. The number of methoxy groups -OCH3 is 1. The zero-order chi connectivity index (χ0) is 18.5. The molecule has 1 heterocycles. The maximum Gasteiger partial charge on any atom is 0.330 e. The molecular formula is C20H20N2O4. The first-order valence-electron chi connectivity index (χ1n) is 8.28. The number of rotatable bonds is 7. The number of hydrogen-bond acceptors (Lipinski definition) is 3. The van der Waals surface area contributed by atoms with Gasteiger partial charge in [-0.2, -0.15) is 0 Å². The van der Waals surface area contributed by atoms with Crippen LogP contribution in [-0.4, -0.2) is 28.7 Å². The summed E-state index contributed by atoms with van der Waals surface area (Å²) in [5.41, 5.74) is 1.54. The van der Waals surface area contributed by atoms with Crippen LogP contribution >= 0.6 is 0 Å². The first-order chi connectivity index (χ1) is 12.6. The number of carbonyl (C=O) groups excluding carboxylic acids is 1. The van der Waals surface area contributed by atoms with Crippen LogP contribution in [0.15, 0.2) is 60.8 Å². The molecule has 1 amide bonds. The molecule has 3 rings (SSSR count). The van der Waals surface area contributed by atoms with E-state index in [2.05, 4.69) is 5.32 Å². The number of nitrogens with one attached hydrogen (secondary N) is 1. The number of hydrogen-bond donors (Lipinski definition) is 2. The minimum absolute atomic E-state index is 0.187. The molecule has 1 aromatic heterocycles. The van der Waals surface area contributed by atoms with Gasteiger partial charge in [-0.15, -0.1) is 0 Å². The van der Waals surface area contributed by atoms with Gasteiger partial charge in [0.25, 0.3) is 0 Å². The molecule has 0 aliphatic rings. The first kappa shape index (κ1) is 17.5. The molecular weight excluding hydrogens is 332 g/mol. The minimum atomic E-state index is -1.08. The third-order valence-electron chi connectivity index (χ3n) is 4.24. The van der Waals surface area contributed by atoms with Crippen LogP contribution in [0.5, 0.6) is 5.75 Å². The van der Waals surface area contributed by atoms with Gasteiger partial charge in [-0.25, -0.2) is 4.79 Å². The highest BCUT2D eigenvalue weighted by molar-refractivity contribution is 5.85. The van der Waals surface area contributed by atoms with Crippen molar-refractivity contribution in [2.45, 2.75) is 19.0 Å². The van der Waals surface area contributed by atoms with Crippen LogP contribution < -0.4 is 10.1 Å². The topological polar surface area (TPSA) is 80.6 Å². The maximum absolute atomic E-state index is 12.3. The molecule has 0 aliphatic heterocycles. The fourth-order valence-electron chi connectivity index (χ4n) is 2.89. The molecule has 134 valence electrons. The lowest BCUT2D eigenvalue weighted by Gasteiger charge is -2.15. The number of benzene rings is 2. The average molecular weight is 352 g/mol. The van der Waals surface area contributed by atoms with Gasteiger partial charge in [0.1, 0.15) is 5.75 Å². The number of aryl methyl sites for hydroxylation is 1. The van der Waals surface area contributed by atoms with Crippen molar-refractivity contribution in [3.05, 3.63) is 66.4 Å². The van der Waals surface area contributed by atoms with Crippen LogP contribution in [0.1, 0.15) is 18.0 Å². The molecule has 0 saturated carbocycles. The molecule has 1 atom stereocenters. The van der Waals surface area contributed by atoms with E-state index >= 15 is 0 Å². The molecule has 2 N–H and O–H groups in total. The van der Waals surface area contributed by atoms with Gasteiger partial charge in [0.2, 0.25) is 5.91 Å². The highest BCUT2D eigenvalue weighted by atomic mass is 16.5. The predicted octanol–water partition coefficient (Wildman–Crippen LogP) is 2.98. The Labute approximate surface area is 151 Å². The number of carboxylic acids is 1. The number of aliphatic carboxylic acids is 1. The van der Waals surface area contributed by atoms with Gasteiger partial charge >= 0.3 is 5.97 Å². The van der Waals surface area contributed by atoms with Crippen LogP contribution in [0.3, 0.4) is 0 Å². The fraction of sp³-hybridized carbons (Fsp3) is 0.200. The second-order valence-corrected chi connectivity index (χ2v) is 5.93. The maximum atomic E-state index is 12.3. The molecule has 6 nitrogen and oxygen atoms in total. The molecule has 0 bridgehead atoms. The van der Waals surface area contributed by atoms with E-state index in [9.17, 15) is 14.7 Å². The van der Waals surface area contributed by atoms with Crippen molar-refractivity contribution in [3.8, 4) is 5.75 Å². The van der Waals surface area contributed by atoms with Crippen LogP contribution in [0, 0.1) is 0 Å². The lowest BCUT2D eigenvalue weighted by molar-refractivity contribution is -0.142. The van der Waals surface area contributed by atoms with E-state index in [4.69, 9.17) is 4.74 Å². The molecule has 0 fully saturated rings. The van der Waals surface area contributed by atoms with Gasteiger partial charge in [-0.05, 0) is 29.8 Å². The van der Waals surface area contributed by atoms with Gasteiger partial charge < -0.3 is 19.7 Å². The van der Waals surface area contributed by atoms with Crippen LogP contribution in [0.4, 0.5) is 0 Å². The number of amides is 1. The second-order valence-electron chi connectivity index (χ2n) is 5.93. The Balaban J connectivity index is 1.66. The van der Waals surface area contributed by atoms with E-state index in [1.165, 1.54) is 0 Å². The monoisotopic (exact) mass is 352 g/mol. The smallest absolute Gasteiger partial charge is 0.330 e. The summed E-state index contributed by atoms with van der Waals surface area (Å²) >= 11 is 0. The molecule has 0 unspecified atom stereocenters. The van der Waals surface area contributed by atoms with Crippen LogP contribution in [0.2, 0.25) is 0 Å². The highest BCUT2D eigenvalue weighted by Gasteiger charge is 2.21. The molecule has 0 spiro atoms. The quantitative estimate of drug-likeness (QED) is 0.685. The third-order valence-corrected chi connectivity index (χ3v) is 4.24. The van der Waals surface area contributed by atoms with Gasteiger partial charge in [-0.3, -0.25) is 4.79 Å². The molecule has 0 saturated heterocycles. The Hall–Kier alpha value is -3.28. The number of nitrogens with zero attached hydrogens (tertiary/aromatic N) is 1. The van der Waals surface area contributed by atoms with E-state index in [1.807, 2.05) is 35.0 Å². The summed E-state index contributed by atoms with van der Waals surface area (Å²) in [7, 11) is 1.62. The zero-order valence-corrected chi connectivity index (χ0v) is 14.4. The van der Waals surface area contributed by atoms with E-state index in [-0.39, 0.29) is 12.3 Å². The second kappa shape index (κ2) is 7.74. The molecule has 2 aromatic carbocycles. The van der Waals surface area contributed by atoms with Crippen molar-refractivity contribution >= 4 is 22.8 Å². The van der Waals surface area contributed by atoms with Gasteiger partial charge in [0, 0.05) is 30.1 Å². The number of carboxylic acid groups (broad SMARTS) is 1. The van der Waals surface area contributed by atoms with Gasteiger partial charge in [-0.1, -0.05) is 30.3 Å². The summed E-state index contributed by atoms with van der Waals surface area (Å²) in [6.07, 6.45) is 2.09. The van der Waals surface area contributed by atoms with Crippen molar-refractivity contribution in [1.29, 1.82) is 0 Å². The summed E-state index contributed by atoms with van der Waals surface area (Å²) in [6, 6.07) is 15.3. The Bertz CT molecular complexity index is 918. The van der Waals surface area contributed by atoms with E-state index in [0.29, 0.717) is 12.1 Å². The number of fused-ring (bicyclic) bond motifs is 1. The molecule has 26 heavy (non-hydrogen) atoms. The largest absolute Gasteiger partial charge is 0.497 e. The van der Waals surface area contributed by atoms with Gasteiger partial charge in [0.05, 0.1) is 7.11 Å². The lowest BCUT2D eigenvalue weighted by Crippen LogP contribution is -2.34. The van der Waals surface area contributed by atoms with Crippen LogP contribution in [-0.2, 0) is 16.1 Å². The summed E-state index contributed by atoms with van der Waals surface area (Å²) in [6.45, 7) is 0.461. The zero-order valence-electron chi connectivity index (χ0n) is 14.4. The summed E-state index contributed by atoms with van der Waals surface area (Å²) < 4.78 is 7.17. The molecule has 0 radical (unpaired) electrons. The minimum Gasteiger partial charge on any atom is -0.497 e. The molecule has 0 aliphatic carbocycles. The standard InChI is InChI=1S/C20H20N2O4/c1-26-16-7-8-17-15(13-16)9-11-22(17)12-10-18(23)21-19(20(24)25)14-5-3-2-4-6-14/h2-9,11,13,19H,10,12H2,1H3,(H,21,23)(H,24,25)/t19-/m0/s1. The highest BCUT2D eigenvalue weighted by Crippen LogP contribution is 2.22. The summed E-state index contributed by atoms with van der Waals surface area (Å²) in [5, 5.41) is 13.0. The Morgan fingerprint density at radius 3 is 2.62 bits per heavy atom. The Morgan fingerprint density at radius 1 is 1.15 bits per heavy atom. The van der Waals surface area contributed by atoms with Crippen LogP contribution in [0.25, 0.3) is 10.9 Å². The van der Waals surface area contributed by atoms with E-state index < -0.39 is 12.0 Å². The summed E-state index contributed by atoms with van der Waals surface area (Å²) in [4.78, 5) is 23.7. The SMILES string of the molecule is COc1ccc2c(ccn2CCC(=O)N[C@H](C(=O)O)c2ccccc2)c1. The van der Waals surface area contributed by atoms with Crippen molar-refractivity contribution < 1.29 is 19.4 Å². The van der Waals surface area contributed by atoms with E-state index in [1.54, 1.807) is 37.4 Å². The van der Waals surface area contributed by atoms with Crippen molar-refractivity contribution in [3.63, 3.8) is 0 Å². The lowest BCUT2D eigenvalue weighted by atomic mass is 10.1. The van der Waals surface area contributed by atoms with Gasteiger partial charge in [0.15, 0.2) is 6.04 Å². The first-order valence-corrected chi connectivity index (χ1v) is 8.28. The Morgan fingerprint density at radius 2 is 1.92 bits per heavy atom. The number of aromatic nitrogens is 1. The van der Waals surface area contributed by atoms with Crippen molar-refractivity contribution in [2.24, 2.45) is 0 Å². The van der Waals surface area contributed by atoms with Crippen molar-refractivity contribution in [2.75, 3.05) is 7.11 Å². The summed E-state index contributed by atoms with van der Waals surface area (Å²) in [5.74, 6) is -0.611. The average Bonchev–Trinajstić information content (AvgIpc) is 3.07. The molecule has 3 aromatic rings. The van der Waals surface area contributed by atoms with Crippen molar-refractivity contribution in [1.82, 2.24) is 9.88 Å². The number of carbonyl (C=O) groups is 2. The Kier molecular flexibility index (Phi) is 5.22. The third kappa shape index (κ3) is 3.85. The fourth-order valence-corrected chi connectivity index (χ4v) is 2.89.